The van der Waals surface area contributed by atoms with Crippen molar-refractivity contribution in [1.29, 1.82) is 0 Å². The highest BCUT2D eigenvalue weighted by atomic mass is 16.3. The van der Waals surface area contributed by atoms with Crippen LogP contribution in [0.4, 0.5) is 0 Å². The van der Waals surface area contributed by atoms with Gasteiger partial charge < -0.3 is 10.2 Å². The minimum Gasteiger partial charge on any atom is -0.396 e. The van der Waals surface area contributed by atoms with E-state index in [9.17, 15) is 0 Å². The summed E-state index contributed by atoms with van der Waals surface area (Å²) in [7, 11) is 0. The van der Waals surface area contributed by atoms with E-state index in [1.807, 2.05) is 0 Å². The molecule has 0 aromatic rings. The molecule has 2 heteroatoms. The summed E-state index contributed by atoms with van der Waals surface area (Å²) < 4.78 is 0. The lowest BCUT2D eigenvalue weighted by molar-refractivity contribution is 0.283. The second-order valence-corrected chi connectivity index (χ2v) is 2.26. The molecule has 2 nitrogen and oxygen atoms in total. The molecule has 0 aliphatic heterocycles. The Labute approximate surface area is 69.6 Å². The van der Waals surface area contributed by atoms with E-state index >= 15 is 0 Å². The number of unbranched alkanes of at least 4 members (excludes halogenated alkanes) is 3. The maximum atomic E-state index is 8.29. The summed E-state index contributed by atoms with van der Waals surface area (Å²) in [5.41, 5.74) is 0. The molecule has 0 spiro atoms. The van der Waals surface area contributed by atoms with E-state index in [0.29, 0.717) is 6.61 Å². The minimum absolute atomic E-state index is 0.0833. The zero-order valence-corrected chi connectivity index (χ0v) is 7.42. The molecular formula is C9H20O2. The third-order valence-corrected chi connectivity index (χ3v) is 1.14. The van der Waals surface area contributed by atoms with E-state index in [-0.39, 0.29) is 6.61 Å². The smallest absolute Gasteiger partial charge is 0.0609 e. The first-order valence-corrected chi connectivity index (χ1v) is 4.16. The van der Waals surface area contributed by atoms with Crippen LogP contribution >= 0.6 is 0 Å². The molecule has 0 aliphatic carbocycles. The first-order chi connectivity index (χ1) is 5.33. The molecule has 0 aromatic heterocycles. The van der Waals surface area contributed by atoms with E-state index in [0.717, 1.165) is 6.42 Å². The van der Waals surface area contributed by atoms with Gasteiger partial charge >= 0.3 is 0 Å². The number of rotatable bonds is 5. The molecule has 0 bridgehead atoms. The van der Waals surface area contributed by atoms with Crippen molar-refractivity contribution in [2.24, 2.45) is 0 Å². The SMILES string of the molecule is C=CCO.CCCCCCO. The highest BCUT2D eigenvalue weighted by molar-refractivity contribution is 4.60. The topological polar surface area (TPSA) is 40.5 Å². The summed E-state index contributed by atoms with van der Waals surface area (Å²) in [5.74, 6) is 0. The predicted molar refractivity (Wildman–Crippen MR) is 48.5 cm³/mol. The Morgan fingerprint density at radius 3 is 2.00 bits per heavy atom. The van der Waals surface area contributed by atoms with Crippen LogP contribution in [0, 0.1) is 0 Å². The van der Waals surface area contributed by atoms with Crippen LogP contribution in [0.1, 0.15) is 32.6 Å². The number of aliphatic hydroxyl groups is 2. The monoisotopic (exact) mass is 160 g/mol. The first-order valence-electron chi connectivity index (χ1n) is 4.16. The third kappa shape index (κ3) is 26.1. The predicted octanol–water partition coefficient (Wildman–Crippen LogP) is 1.72. The van der Waals surface area contributed by atoms with Crippen molar-refractivity contribution < 1.29 is 10.2 Å². The lowest BCUT2D eigenvalue weighted by Gasteiger charge is -1.90. The number of hydrogen-bond donors (Lipinski definition) is 2. The fourth-order valence-electron chi connectivity index (χ4n) is 0.539. The highest BCUT2D eigenvalue weighted by Gasteiger charge is 1.80. The van der Waals surface area contributed by atoms with Gasteiger partial charge in [0.2, 0.25) is 0 Å². The van der Waals surface area contributed by atoms with E-state index in [2.05, 4.69) is 13.5 Å². The molecule has 0 aromatic carbocycles. The molecule has 0 atom stereocenters. The maximum absolute atomic E-state index is 8.29. The van der Waals surface area contributed by atoms with Crippen molar-refractivity contribution >= 4 is 0 Å². The normalized spacial score (nSPS) is 8.27. The number of aliphatic hydroxyl groups excluding tert-OH is 2. The molecule has 0 saturated heterocycles. The molecule has 2 N–H and O–H groups in total. The lowest BCUT2D eigenvalue weighted by Crippen LogP contribution is -1.80. The van der Waals surface area contributed by atoms with Crippen LogP contribution < -0.4 is 0 Å². The van der Waals surface area contributed by atoms with Gasteiger partial charge in [-0.25, -0.2) is 0 Å². The second-order valence-electron chi connectivity index (χ2n) is 2.26. The van der Waals surface area contributed by atoms with Gasteiger partial charge in [0.1, 0.15) is 0 Å². The van der Waals surface area contributed by atoms with Crippen LogP contribution in [0.15, 0.2) is 12.7 Å². The minimum atomic E-state index is 0.0833. The van der Waals surface area contributed by atoms with Gasteiger partial charge in [-0.05, 0) is 6.42 Å². The molecule has 0 amide bonds. The van der Waals surface area contributed by atoms with Gasteiger partial charge in [0.05, 0.1) is 6.61 Å². The van der Waals surface area contributed by atoms with Gasteiger partial charge in [-0.15, -0.1) is 6.58 Å². The van der Waals surface area contributed by atoms with E-state index in [1.54, 1.807) is 0 Å². The van der Waals surface area contributed by atoms with Crippen molar-refractivity contribution in [2.45, 2.75) is 32.6 Å². The Morgan fingerprint density at radius 1 is 1.18 bits per heavy atom. The van der Waals surface area contributed by atoms with Crippen LogP contribution in [-0.2, 0) is 0 Å². The van der Waals surface area contributed by atoms with Gasteiger partial charge in [0.25, 0.3) is 0 Å². The number of hydrogen-bond acceptors (Lipinski definition) is 2. The van der Waals surface area contributed by atoms with E-state index < -0.39 is 0 Å². The highest BCUT2D eigenvalue weighted by Crippen LogP contribution is 1.95. The van der Waals surface area contributed by atoms with E-state index in [1.165, 1.54) is 25.3 Å². The van der Waals surface area contributed by atoms with Crippen molar-refractivity contribution in [3.63, 3.8) is 0 Å². The molecule has 0 fully saturated rings. The Balaban J connectivity index is 0. The lowest BCUT2D eigenvalue weighted by atomic mass is 10.2. The fraction of sp³-hybridized carbons (Fsp3) is 0.778. The maximum Gasteiger partial charge on any atom is 0.0609 e. The molecule has 0 radical (unpaired) electrons. The molecule has 0 heterocycles. The zero-order valence-electron chi connectivity index (χ0n) is 7.42. The molecule has 0 aliphatic rings. The Morgan fingerprint density at radius 2 is 1.73 bits per heavy atom. The summed E-state index contributed by atoms with van der Waals surface area (Å²) in [6.07, 6.45) is 6.11. The van der Waals surface area contributed by atoms with E-state index in [4.69, 9.17) is 10.2 Å². The van der Waals surface area contributed by atoms with Gasteiger partial charge in [-0.1, -0.05) is 32.3 Å². The summed E-state index contributed by atoms with van der Waals surface area (Å²) >= 11 is 0. The first kappa shape index (κ1) is 13.3. The van der Waals surface area contributed by atoms with Gasteiger partial charge in [0, 0.05) is 6.61 Å². The Bertz CT molecular complexity index is 58.6. The Kier molecular flexibility index (Phi) is 19.7. The third-order valence-electron chi connectivity index (χ3n) is 1.14. The van der Waals surface area contributed by atoms with Crippen molar-refractivity contribution in [1.82, 2.24) is 0 Å². The van der Waals surface area contributed by atoms with Crippen LogP contribution in [0.3, 0.4) is 0 Å². The standard InChI is InChI=1S/C6H14O.C3H6O/c1-2-3-4-5-6-7;1-2-3-4/h7H,2-6H2,1H3;2,4H,1,3H2. The average molecular weight is 160 g/mol. The second kappa shape index (κ2) is 16.3. The van der Waals surface area contributed by atoms with Gasteiger partial charge in [0.15, 0.2) is 0 Å². The van der Waals surface area contributed by atoms with Crippen LogP contribution in [-0.4, -0.2) is 23.4 Å². The fourth-order valence-corrected chi connectivity index (χ4v) is 0.539. The van der Waals surface area contributed by atoms with Crippen molar-refractivity contribution in [3.05, 3.63) is 12.7 Å². The van der Waals surface area contributed by atoms with Crippen molar-refractivity contribution in [2.75, 3.05) is 13.2 Å². The quantitative estimate of drug-likeness (QED) is 0.475. The van der Waals surface area contributed by atoms with Crippen LogP contribution in [0.25, 0.3) is 0 Å². The van der Waals surface area contributed by atoms with Crippen LogP contribution in [0.2, 0.25) is 0 Å². The van der Waals surface area contributed by atoms with Crippen LogP contribution in [0.5, 0.6) is 0 Å². The molecule has 0 saturated carbocycles. The molecule has 0 unspecified atom stereocenters. The average Bonchev–Trinajstić information content (AvgIpc) is 2.06. The molecule has 68 valence electrons. The summed E-state index contributed by atoms with van der Waals surface area (Å²) in [4.78, 5) is 0. The summed E-state index contributed by atoms with van der Waals surface area (Å²) in [5, 5.41) is 16.0. The molecular weight excluding hydrogens is 140 g/mol. The van der Waals surface area contributed by atoms with Gasteiger partial charge in [-0.2, -0.15) is 0 Å². The Hall–Kier alpha value is -0.340. The summed E-state index contributed by atoms with van der Waals surface area (Å²) in [6, 6.07) is 0. The van der Waals surface area contributed by atoms with Crippen molar-refractivity contribution in [3.8, 4) is 0 Å². The molecule has 11 heavy (non-hydrogen) atoms. The zero-order chi connectivity index (χ0) is 8.95. The largest absolute Gasteiger partial charge is 0.396 e. The molecule has 0 rings (SSSR count). The van der Waals surface area contributed by atoms with Gasteiger partial charge in [-0.3, -0.25) is 0 Å². The summed E-state index contributed by atoms with van der Waals surface area (Å²) in [6.45, 7) is 5.84.